The zero-order chi connectivity index (χ0) is 25.8. The zero-order valence-electron chi connectivity index (χ0n) is 20.4. The van der Waals surface area contributed by atoms with Gasteiger partial charge in [-0.15, -0.1) is 0 Å². The van der Waals surface area contributed by atoms with E-state index in [9.17, 15) is 4.79 Å². The van der Waals surface area contributed by atoms with Gasteiger partial charge in [0, 0.05) is 18.1 Å². The first-order chi connectivity index (χ1) is 18.0. The van der Waals surface area contributed by atoms with Crippen molar-refractivity contribution in [3.8, 4) is 11.5 Å². The van der Waals surface area contributed by atoms with Crippen LogP contribution in [0.25, 0.3) is 10.2 Å². The molecule has 1 unspecified atom stereocenters. The highest BCUT2D eigenvalue weighted by Gasteiger charge is 2.37. The lowest BCUT2D eigenvalue weighted by Crippen LogP contribution is -2.38. The van der Waals surface area contributed by atoms with Crippen molar-refractivity contribution >= 4 is 50.1 Å². The number of methoxy groups -OCH3 is 2. The van der Waals surface area contributed by atoms with E-state index in [1.807, 2.05) is 66.7 Å². The largest absolute Gasteiger partial charge is 0.494 e. The number of fused-ring (bicyclic) bond motifs is 1. The van der Waals surface area contributed by atoms with Crippen LogP contribution in [0.15, 0.2) is 66.7 Å². The van der Waals surface area contributed by atoms with Gasteiger partial charge in [-0.05, 0) is 35.9 Å². The summed E-state index contributed by atoms with van der Waals surface area (Å²) in [6.07, 6.45) is -0.372. The molecule has 192 valence electrons. The van der Waals surface area contributed by atoms with Crippen LogP contribution in [0, 0.1) is 0 Å². The average molecular weight is 539 g/mol. The minimum atomic E-state index is -0.372. The molecule has 8 nitrogen and oxygen atoms in total. The number of nitrogens with one attached hydrogen (secondary N) is 2. The number of thiazole rings is 1. The first-order valence-corrected chi connectivity index (χ1v) is 13.0. The summed E-state index contributed by atoms with van der Waals surface area (Å²) in [4.78, 5) is 19.4. The first kappa shape index (κ1) is 25.0. The van der Waals surface area contributed by atoms with Crippen molar-refractivity contribution in [3.05, 3.63) is 77.3 Å². The number of hydrogen-bond donors (Lipinski definition) is 2. The summed E-state index contributed by atoms with van der Waals surface area (Å²) in [5.74, 6) is 1.30. The molecule has 2 N–H and O–H groups in total. The van der Waals surface area contributed by atoms with E-state index in [1.165, 1.54) is 11.3 Å². The number of carbonyl (C=O) groups is 1. The van der Waals surface area contributed by atoms with E-state index in [1.54, 1.807) is 19.1 Å². The van der Waals surface area contributed by atoms with Crippen LogP contribution >= 0.6 is 22.9 Å². The van der Waals surface area contributed by atoms with E-state index >= 15 is 0 Å². The van der Waals surface area contributed by atoms with E-state index in [0.717, 1.165) is 26.6 Å². The van der Waals surface area contributed by atoms with Gasteiger partial charge in [-0.1, -0.05) is 59.3 Å². The summed E-state index contributed by atoms with van der Waals surface area (Å²) in [5.41, 5.74) is 2.52. The summed E-state index contributed by atoms with van der Waals surface area (Å²) < 4.78 is 17.8. The lowest BCUT2D eigenvalue weighted by Gasteiger charge is -2.23. The predicted octanol–water partition coefficient (Wildman–Crippen LogP) is 5.88. The highest BCUT2D eigenvalue weighted by atomic mass is 35.5. The second-order valence-corrected chi connectivity index (χ2v) is 10.1. The number of amides is 1. The molecule has 1 aliphatic rings. The Morgan fingerprint density at radius 3 is 2.41 bits per heavy atom. The maximum atomic E-state index is 13.0. The number of rotatable bonds is 8. The fraction of sp³-hybridized carbons (Fsp3) is 0.259. The Kier molecular flexibility index (Phi) is 7.52. The number of nitrogens with zero attached hydrogens (tertiary/aromatic N) is 2. The molecule has 1 aliphatic heterocycles. The SMILES string of the molecule is COc1cccc(OC)c1NC1CN(C(=O)OCc2ccccc2)C[C@@H]1Nc1nc2ccc(Cl)cc2s1. The van der Waals surface area contributed by atoms with E-state index in [4.69, 9.17) is 30.8 Å². The number of likely N-dealkylation sites (tertiary alicyclic amines) is 1. The standard InChI is InChI=1S/C27H27ClN4O4S/c1-34-22-9-6-10-23(35-2)25(22)29-20-14-32(27(33)36-16-17-7-4-3-5-8-17)15-21(20)31-26-30-19-12-11-18(28)13-24(19)37-26/h3-13,20-21,29H,14-16H2,1-2H3,(H,30,31)/t20?,21-/m0/s1. The van der Waals surface area contributed by atoms with Gasteiger partial charge in [-0.2, -0.15) is 0 Å². The van der Waals surface area contributed by atoms with Crippen molar-refractivity contribution in [2.75, 3.05) is 37.9 Å². The van der Waals surface area contributed by atoms with Gasteiger partial charge in [0.2, 0.25) is 0 Å². The molecule has 0 aliphatic carbocycles. The van der Waals surface area contributed by atoms with E-state index < -0.39 is 0 Å². The van der Waals surface area contributed by atoms with Gasteiger partial charge >= 0.3 is 6.09 Å². The number of aromatic nitrogens is 1. The van der Waals surface area contributed by atoms with E-state index in [2.05, 4.69) is 10.6 Å². The molecule has 1 aromatic heterocycles. The van der Waals surface area contributed by atoms with Crippen LogP contribution in [0.4, 0.5) is 15.6 Å². The highest BCUT2D eigenvalue weighted by Crippen LogP contribution is 2.36. The van der Waals surface area contributed by atoms with Crippen LogP contribution in [-0.4, -0.2) is 55.4 Å². The maximum Gasteiger partial charge on any atom is 0.410 e. The average Bonchev–Trinajstić information content (AvgIpc) is 3.51. The normalized spacial score (nSPS) is 17.0. The number of ether oxygens (including phenoxy) is 3. The highest BCUT2D eigenvalue weighted by molar-refractivity contribution is 7.22. The van der Waals surface area contributed by atoms with Crippen molar-refractivity contribution in [3.63, 3.8) is 0 Å². The number of halogens is 1. The third kappa shape index (κ3) is 5.68. The van der Waals surface area contributed by atoms with Crippen LogP contribution < -0.4 is 20.1 Å². The summed E-state index contributed by atoms with van der Waals surface area (Å²) >= 11 is 7.68. The molecule has 37 heavy (non-hydrogen) atoms. The van der Waals surface area contributed by atoms with Gasteiger partial charge in [-0.25, -0.2) is 9.78 Å². The molecule has 2 atom stereocenters. The second kappa shape index (κ2) is 11.1. The topological polar surface area (TPSA) is 85.0 Å². The fourth-order valence-electron chi connectivity index (χ4n) is 4.35. The Morgan fingerprint density at radius 1 is 1.00 bits per heavy atom. The molecule has 0 radical (unpaired) electrons. The first-order valence-electron chi connectivity index (χ1n) is 11.8. The molecule has 10 heteroatoms. The van der Waals surface area contributed by atoms with Crippen molar-refractivity contribution in [2.45, 2.75) is 18.7 Å². The molecule has 0 bridgehead atoms. The summed E-state index contributed by atoms with van der Waals surface area (Å²) in [7, 11) is 3.23. The Labute approximate surface area is 224 Å². The molecular weight excluding hydrogens is 512 g/mol. The molecule has 0 saturated carbocycles. The van der Waals surface area contributed by atoms with Crippen LogP contribution in [-0.2, 0) is 11.3 Å². The molecular formula is C27H27ClN4O4S. The minimum absolute atomic E-state index is 0.157. The lowest BCUT2D eigenvalue weighted by atomic mass is 10.1. The molecule has 4 aromatic rings. The summed E-state index contributed by atoms with van der Waals surface area (Å²) in [6.45, 7) is 1.06. The lowest BCUT2D eigenvalue weighted by molar-refractivity contribution is 0.104. The van der Waals surface area contributed by atoms with Gasteiger partial charge in [0.15, 0.2) is 5.13 Å². The number of para-hydroxylation sites is 1. The van der Waals surface area contributed by atoms with Crippen molar-refractivity contribution in [1.29, 1.82) is 0 Å². The Hall–Kier alpha value is -3.69. The molecule has 1 fully saturated rings. The summed E-state index contributed by atoms with van der Waals surface area (Å²) in [5, 5.41) is 8.49. The third-order valence-corrected chi connectivity index (χ3v) is 7.38. The Balaban J connectivity index is 1.37. The maximum absolute atomic E-state index is 13.0. The van der Waals surface area contributed by atoms with Crippen LogP contribution in [0.1, 0.15) is 5.56 Å². The van der Waals surface area contributed by atoms with Crippen LogP contribution in [0.3, 0.4) is 0 Å². The predicted molar refractivity (Wildman–Crippen MR) is 147 cm³/mol. The zero-order valence-corrected chi connectivity index (χ0v) is 22.0. The van der Waals surface area contributed by atoms with Gasteiger partial charge in [0.1, 0.15) is 23.8 Å². The van der Waals surface area contributed by atoms with Crippen molar-refractivity contribution < 1.29 is 19.0 Å². The number of hydrogen-bond acceptors (Lipinski definition) is 8. The van der Waals surface area contributed by atoms with Crippen molar-refractivity contribution in [1.82, 2.24) is 9.88 Å². The third-order valence-electron chi connectivity index (χ3n) is 6.20. The van der Waals surface area contributed by atoms with E-state index in [0.29, 0.717) is 29.6 Å². The van der Waals surface area contributed by atoms with Gasteiger partial charge in [-0.3, -0.25) is 0 Å². The summed E-state index contributed by atoms with van der Waals surface area (Å²) in [6, 6.07) is 20.5. The smallest absolute Gasteiger partial charge is 0.410 e. The molecule has 1 saturated heterocycles. The van der Waals surface area contributed by atoms with Gasteiger partial charge < -0.3 is 29.7 Å². The van der Waals surface area contributed by atoms with Crippen molar-refractivity contribution in [2.24, 2.45) is 0 Å². The number of anilines is 2. The second-order valence-electron chi connectivity index (χ2n) is 8.62. The minimum Gasteiger partial charge on any atom is -0.494 e. The number of carbonyl (C=O) groups excluding carboxylic acids is 1. The van der Waals surface area contributed by atoms with Crippen LogP contribution in [0.5, 0.6) is 11.5 Å². The number of benzene rings is 3. The van der Waals surface area contributed by atoms with Gasteiger partial charge in [0.05, 0.1) is 36.5 Å². The van der Waals surface area contributed by atoms with Gasteiger partial charge in [0.25, 0.3) is 0 Å². The Bertz CT molecular complexity index is 1360. The fourth-order valence-corrected chi connectivity index (χ4v) is 5.56. The van der Waals surface area contributed by atoms with Crippen LogP contribution in [0.2, 0.25) is 5.02 Å². The quantitative estimate of drug-likeness (QED) is 0.290. The molecule has 2 heterocycles. The Morgan fingerprint density at radius 2 is 1.70 bits per heavy atom. The van der Waals surface area contributed by atoms with E-state index in [-0.39, 0.29) is 24.8 Å². The molecule has 5 rings (SSSR count). The molecule has 0 spiro atoms. The molecule has 1 amide bonds. The monoisotopic (exact) mass is 538 g/mol. The molecule has 3 aromatic carbocycles.